The van der Waals surface area contributed by atoms with Crippen LogP contribution in [0.5, 0.6) is 5.75 Å². The molecule has 0 saturated carbocycles. The largest absolute Gasteiger partial charge is 0.496 e. The first-order chi connectivity index (χ1) is 9.08. The van der Waals surface area contributed by atoms with Gasteiger partial charge in [-0.3, -0.25) is 0 Å². The standard InChI is InChI=1S/C14H15BrFNO2/c1-3-12-8(4-5-19-12)14(17)9-6-10(15)11(16)7-13(9)18-2/h4-7,14H,3,17H2,1-2H3. The van der Waals surface area contributed by atoms with Gasteiger partial charge in [0, 0.05) is 23.6 Å². The topological polar surface area (TPSA) is 48.4 Å². The third kappa shape index (κ3) is 2.67. The summed E-state index contributed by atoms with van der Waals surface area (Å²) in [5, 5.41) is 0. The molecule has 1 atom stereocenters. The number of hydrogen-bond donors (Lipinski definition) is 1. The van der Waals surface area contributed by atoms with Crippen molar-refractivity contribution in [2.75, 3.05) is 7.11 Å². The van der Waals surface area contributed by atoms with Crippen LogP contribution in [-0.2, 0) is 6.42 Å². The highest BCUT2D eigenvalue weighted by Crippen LogP contribution is 2.34. The van der Waals surface area contributed by atoms with Gasteiger partial charge in [-0.1, -0.05) is 6.92 Å². The Morgan fingerprint density at radius 3 is 2.79 bits per heavy atom. The lowest BCUT2D eigenvalue weighted by molar-refractivity contribution is 0.403. The maximum atomic E-state index is 13.5. The van der Waals surface area contributed by atoms with Crippen LogP contribution in [-0.4, -0.2) is 7.11 Å². The van der Waals surface area contributed by atoms with Gasteiger partial charge in [0.05, 0.1) is 23.9 Å². The van der Waals surface area contributed by atoms with Crippen LogP contribution in [0.3, 0.4) is 0 Å². The van der Waals surface area contributed by atoms with E-state index in [-0.39, 0.29) is 5.82 Å². The zero-order valence-corrected chi connectivity index (χ0v) is 12.3. The van der Waals surface area contributed by atoms with Gasteiger partial charge < -0.3 is 14.9 Å². The molecule has 3 nitrogen and oxygen atoms in total. The first-order valence-corrected chi connectivity index (χ1v) is 6.72. The molecular weight excluding hydrogens is 313 g/mol. The molecule has 0 spiro atoms. The van der Waals surface area contributed by atoms with Crippen molar-refractivity contribution < 1.29 is 13.5 Å². The van der Waals surface area contributed by atoms with Crippen molar-refractivity contribution in [2.24, 2.45) is 5.73 Å². The average molecular weight is 328 g/mol. The molecular formula is C14H15BrFNO2. The lowest BCUT2D eigenvalue weighted by Crippen LogP contribution is -2.14. The van der Waals surface area contributed by atoms with Crippen molar-refractivity contribution >= 4 is 15.9 Å². The van der Waals surface area contributed by atoms with Crippen LogP contribution in [0.2, 0.25) is 0 Å². The quantitative estimate of drug-likeness (QED) is 0.929. The number of methoxy groups -OCH3 is 1. The molecule has 0 saturated heterocycles. The monoisotopic (exact) mass is 327 g/mol. The van der Waals surface area contributed by atoms with Gasteiger partial charge in [0.1, 0.15) is 17.3 Å². The van der Waals surface area contributed by atoms with Crippen LogP contribution in [0.4, 0.5) is 4.39 Å². The van der Waals surface area contributed by atoms with Gasteiger partial charge in [0.25, 0.3) is 0 Å². The second-order valence-corrected chi connectivity index (χ2v) is 4.99. The summed E-state index contributed by atoms with van der Waals surface area (Å²) in [4.78, 5) is 0. The van der Waals surface area contributed by atoms with E-state index >= 15 is 0 Å². The molecule has 0 amide bonds. The molecule has 2 rings (SSSR count). The molecule has 1 unspecified atom stereocenters. The second kappa shape index (κ2) is 5.75. The van der Waals surface area contributed by atoms with Crippen molar-refractivity contribution in [2.45, 2.75) is 19.4 Å². The summed E-state index contributed by atoms with van der Waals surface area (Å²) in [6.45, 7) is 1.99. The number of benzene rings is 1. The van der Waals surface area contributed by atoms with Crippen LogP contribution in [0.1, 0.15) is 29.9 Å². The Balaban J connectivity index is 2.49. The number of nitrogens with two attached hydrogens (primary N) is 1. The molecule has 0 radical (unpaired) electrons. The van der Waals surface area contributed by atoms with Crippen LogP contribution >= 0.6 is 15.9 Å². The summed E-state index contributed by atoms with van der Waals surface area (Å²) in [6.07, 6.45) is 2.36. The smallest absolute Gasteiger partial charge is 0.141 e. The number of hydrogen-bond acceptors (Lipinski definition) is 3. The van der Waals surface area contributed by atoms with Gasteiger partial charge >= 0.3 is 0 Å². The first-order valence-electron chi connectivity index (χ1n) is 5.93. The fourth-order valence-electron chi connectivity index (χ4n) is 2.05. The van der Waals surface area contributed by atoms with Gasteiger partial charge in [-0.2, -0.15) is 0 Å². The SMILES string of the molecule is CCc1occc1C(N)c1cc(Br)c(F)cc1OC. The number of ether oxygens (including phenoxy) is 1. The molecule has 0 aliphatic heterocycles. The maximum absolute atomic E-state index is 13.5. The van der Waals surface area contributed by atoms with Gasteiger partial charge in [0.15, 0.2) is 0 Å². The fourth-order valence-corrected chi connectivity index (χ4v) is 2.41. The highest BCUT2D eigenvalue weighted by atomic mass is 79.9. The number of furan rings is 1. The van der Waals surface area contributed by atoms with E-state index in [4.69, 9.17) is 14.9 Å². The van der Waals surface area contributed by atoms with E-state index in [0.717, 1.165) is 17.7 Å². The minimum atomic E-state index is -0.416. The average Bonchev–Trinajstić information content (AvgIpc) is 2.88. The molecule has 19 heavy (non-hydrogen) atoms. The highest BCUT2D eigenvalue weighted by molar-refractivity contribution is 9.10. The summed E-state index contributed by atoms with van der Waals surface area (Å²) in [5.74, 6) is 0.877. The predicted octanol–water partition coefficient (Wildman–Crippen LogP) is 3.80. The van der Waals surface area contributed by atoms with Gasteiger partial charge in [-0.25, -0.2) is 4.39 Å². The van der Waals surface area contributed by atoms with E-state index in [0.29, 0.717) is 15.8 Å². The Hall–Kier alpha value is -1.33. The molecule has 0 fully saturated rings. The summed E-state index contributed by atoms with van der Waals surface area (Å²) in [5.41, 5.74) is 7.85. The van der Waals surface area contributed by atoms with E-state index in [9.17, 15) is 4.39 Å². The van der Waals surface area contributed by atoms with E-state index < -0.39 is 6.04 Å². The normalized spacial score (nSPS) is 12.5. The summed E-state index contributed by atoms with van der Waals surface area (Å²) in [6, 6.07) is 4.39. The van der Waals surface area contributed by atoms with E-state index in [1.54, 1.807) is 12.3 Å². The Kier molecular flexibility index (Phi) is 4.27. The minimum Gasteiger partial charge on any atom is -0.496 e. The third-order valence-corrected chi connectivity index (χ3v) is 3.65. The fraction of sp³-hybridized carbons (Fsp3) is 0.286. The first kappa shape index (κ1) is 14.1. The number of rotatable bonds is 4. The molecule has 5 heteroatoms. The van der Waals surface area contributed by atoms with E-state index in [1.807, 2.05) is 13.0 Å². The molecule has 0 aliphatic carbocycles. The Bertz CT molecular complexity index is 583. The summed E-state index contributed by atoms with van der Waals surface area (Å²) < 4.78 is 24.5. The molecule has 1 aromatic carbocycles. The summed E-state index contributed by atoms with van der Waals surface area (Å²) >= 11 is 3.17. The molecule has 102 valence electrons. The van der Waals surface area contributed by atoms with Crippen molar-refractivity contribution in [3.63, 3.8) is 0 Å². The van der Waals surface area contributed by atoms with Gasteiger partial charge in [0.2, 0.25) is 0 Å². The van der Waals surface area contributed by atoms with Crippen LogP contribution < -0.4 is 10.5 Å². The van der Waals surface area contributed by atoms with Crippen molar-refractivity contribution in [3.05, 3.63) is 51.6 Å². The number of aryl methyl sites for hydroxylation is 1. The van der Waals surface area contributed by atoms with Crippen molar-refractivity contribution in [3.8, 4) is 5.75 Å². The third-order valence-electron chi connectivity index (χ3n) is 3.04. The second-order valence-electron chi connectivity index (χ2n) is 4.14. The van der Waals surface area contributed by atoms with Gasteiger partial charge in [-0.05, 0) is 28.1 Å². The zero-order valence-electron chi connectivity index (χ0n) is 10.7. The Labute approximate surface area is 119 Å². The van der Waals surface area contributed by atoms with E-state index in [1.165, 1.54) is 13.2 Å². The van der Waals surface area contributed by atoms with Gasteiger partial charge in [-0.15, -0.1) is 0 Å². The minimum absolute atomic E-state index is 0.361. The van der Waals surface area contributed by atoms with Crippen LogP contribution in [0, 0.1) is 5.82 Å². The Morgan fingerprint density at radius 2 is 2.16 bits per heavy atom. The van der Waals surface area contributed by atoms with Crippen molar-refractivity contribution in [1.29, 1.82) is 0 Å². The lowest BCUT2D eigenvalue weighted by atomic mass is 9.98. The molecule has 1 aromatic heterocycles. The lowest BCUT2D eigenvalue weighted by Gasteiger charge is -2.16. The molecule has 2 N–H and O–H groups in total. The molecule has 2 aromatic rings. The van der Waals surface area contributed by atoms with Crippen LogP contribution in [0.25, 0.3) is 0 Å². The molecule has 1 heterocycles. The van der Waals surface area contributed by atoms with Crippen molar-refractivity contribution in [1.82, 2.24) is 0 Å². The number of halogens is 2. The van der Waals surface area contributed by atoms with E-state index in [2.05, 4.69) is 15.9 Å². The highest BCUT2D eigenvalue weighted by Gasteiger charge is 2.20. The molecule has 0 aliphatic rings. The predicted molar refractivity (Wildman–Crippen MR) is 74.8 cm³/mol. The maximum Gasteiger partial charge on any atom is 0.141 e. The zero-order chi connectivity index (χ0) is 14.0. The summed E-state index contributed by atoms with van der Waals surface area (Å²) in [7, 11) is 1.50. The van der Waals surface area contributed by atoms with Crippen LogP contribution in [0.15, 0.2) is 33.4 Å². The molecule has 0 bridgehead atoms. The Morgan fingerprint density at radius 1 is 1.42 bits per heavy atom.